The quantitative estimate of drug-likeness (QED) is 0.518. The van der Waals surface area contributed by atoms with Crippen molar-refractivity contribution in [2.75, 3.05) is 6.54 Å². The monoisotopic (exact) mass is 400 g/mol. The van der Waals surface area contributed by atoms with Crippen molar-refractivity contribution in [3.05, 3.63) is 35.4 Å². The Morgan fingerprint density at radius 2 is 2.07 bits per heavy atom. The topological polar surface area (TPSA) is 122 Å². The van der Waals surface area contributed by atoms with Gasteiger partial charge in [0.25, 0.3) is 5.91 Å². The van der Waals surface area contributed by atoms with Gasteiger partial charge in [0.2, 0.25) is 5.04 Å². The molecular weight excluding hydrogens is 374 g/mol. The molecule has 0 bridgehead atoms. The van der Waals surface area contributed by atoms with E-state index >= 15 is 0 Å². The van der Waals surface area contributed by atoms with E-state index in [-0.39, 0.29) is 18.1 Å². The second kappa shape index (κ2) is 9.09. The summed E-state index contributed by atoms with van der Waals surface area (Å²) in [5.74, 6) is -0.0454. The molecule has 1 fully saturated rings. The van der Waals surface area contributed by atoms with Gasteiger partial charge in [0.1, 0.15) is 6.54 Å². The summed E-state index contributed by atoms with van der Waals surface area (Å²) in [6.07, 6.45) is 7.29. The van der Waals surface area contributed by atoms with Gasteiger partial charge in [-0.1, -0.05) is 24.5 Å². The largest absolute Gasteiger partial charge is 0.340 e. The van der Waals surface area contributed by atoms with E-state index in [0.717, 1.165) is 29.9 Å². The molecule has 0 atom stereocenters. The fraction of sp³-hybridized carbons (Fsp3) is 0.474. The molecule has 4 N–H and O–H groups in total. The Morgan fingerprint density at radius 1 is 1.32 bits per heavy atom. The number of aromatic nitrogens is 4. The predicted octanol–water partition coefficient (Wildman–Crippen LogP) is 1.46. The fourth-order valence-electron chi connectivity index (χ4n) is 3.29. The predicted molar refractivity (Wildman–Crippen MR) is 110 cm³/mol. The highest BCUT2D eigenvalue weighted by molar-refractivity contribution is 8.26. The minimum Gasteiger partial charge on any atom is -0.340 e. The van der Waals surface area contributed by atoms with Crippen LogP contribution in [0.3, 0.4) is 0 Å². The first-order chi connectivity index (χ1) is 13.4. The number of rotatable bonds is 5. The number of carbonyl (C=O) groups is 1. The lowest BCUT2D eigenvalue weighted by molar-refractivity contribution is -0.110. The fourth-order valence-corrected chi connectivity index (χ4v) is 4.12. The normalized spacial score (nSPS) is 14.6. The molecule has 2 aromatic heterocycles. The summed E-state index contributed by atoms with van der Waals surface area (Å²) < 4.78 is 1.54. The minimum atomic E-state index is -0.350. The van der Waals surface area contributed by atoms with E-state index in [1.54, 1.807) is 6.20 Å². The molecule has 0 radical (unpaired) electrons. The van der Waals surface area contributed by atoms with Crippen molar-refractivity contribution in [2.24, 2.45) is 5.92 Å². The summed E-state index contributed by atoms with van der Waals surface area (Å²) in [5, 5.41) is 26.0. The van der Waals surface area contributed by atoms with E-state index in [9.17, 15) is 4.79 Å². The number of nitrogens with two attached hydrogens (primary N) is 1. The molecule has 0 spiro atoms. The maximum atomic E-state index is 12.3. The molecule has 1 amide bonds. The molecule has 2 heterocycles. The van der Waals surface area contributed by atoms with Crippen molar-refractivity contribution in [3.63, 3.8) is 0 Å². The van der Waals surface area contributed by atoms with Crippen molar-refractivity contribution >= 4 is 27.8 Å². The van der Waals surface area contributed by atoms with Crippen LogP contribution in [0.4, 0.5) is 0 Å². The number of hydrogen-bond donors (Lipinski definition) is 3. The van der Waals surface area contributed by atoms with E-state index in [1.165, 1.54) is 35.7 Å². The summed E-state index contributed by atoms with van der Waals surface area (Å²) in [7, 11) is 0. The average Bonchev–Trinajstić information content (AvgIpc) is 3.16. The Bertz CT molecular complexity index is 886. The molecule has 0 aromatic carbocycles. The van der Waals surface area contributed by atoms with Gasteiger partial charge in [-0.05, 0) is 50.6 Å². The van der Waals surface area contributed by atoms with Crippen LogP contribution >= 0.6 is 11.8 Å². The first kappa shape index (κ1) is 20.2. The van der Waals surface area contributed by atoms with E-state index in [1.807, 2.05) is 26.0 Å². The van der Waals surface area contributed by atoms with Gasteiger partial charge in [-0.15, -0.1) is 5.10 Å². The van der Waals surface area contributed by atoms with Gasteiger partial charge in [-0.25, -0.2) is 4.68 Å². The zero-order valence-electron chi connectivity index (χ0n) is 16.2. The number of nitrogens with zero attached hydrogens (tertiary/aromatic N) is 4. The summed E-state index contributed by atoms with van der Waals surface area (Å²) in [4.78, 5) is 16.7. The highest BCUT2D eigenvalue weighted by Gasteiger charge is 2.22. The molecule has 0 aliphatic heterocycles. The van der Waals surface area contributed by atoms with Crippen LogP contribution in [0.5, 0.6) is 0 Å². The van der Waals surface area contributed by atoms with Crippen LogP contribution < -0.4 is 10.7 Å². The first-order valence-electron chi connectivity index (χ1n) is 9.47. The van der Waals surface area contributed by atoms with E-state index in [2.05, 4.69) is 20.6 Å². The molecule has 1 saturated carbocycles. The molecule has 28 heavy (non-hydrogen) atoms. The third-order valence-corrected chi connectivity index (χ3v) is 5.77. The lowest BCUT2D eigenvalue weighted by Crippen LogP contribution is -2.45. The lowest BCUT2D eigenvalue weighted by atomic mass is 9.90. The third kappa shape index (κ3) is 5.03. The van der Waals surface area contributed by atoms with Crippen LogP contribution in [0.1, 0.15) is 54.0 Å². The van der Waals surface area contributed by atoms with Gasteiger partial charge < -0.3 is 5.32 Å². The summed E-state index contributed by atoms with van der Waals surface area (Å²) in [6.45, 7) is 4.00. The van der Waals surface area contributed by atoms with Gasteiger partial charge in [-0.3, -0.25) is 20.6 Å². The number of carbonyl (C=O) groups excluding carboxylic acids is 1. The van der Waals surface area contributed by atoms with E-state index in [4.69, 9.17) is 10.8 Å². The van der Waals surface area contributed by atoms with Crippen molar-refractivity contribution in [3.8, 4) is 5.69 Å². The lowest BCUT2D eigenvalue weighted by Gasteiger charge is -2.21. The maximum absolute atomic E-state index is 12.3. The Balaban J connectivity index is 1.53. The molecule has 8 nitrogen and oxygen atoms in total. The van der Waals surface area contributed by atoms with Crippen molar-refractivity contribution in [2.45, 2.75) is 46.0 Å². The Labute approximate surface area is 168 Å². The summed E-state index contributed by atoms with van der Waals surface area (Å²) >= 11 is 1.26. The maximum Gasteiger partial charge on any atom is 0.273 e. The van der Waals surface area contributed by atoms with E-state index in [0.29, 0.717) is 16.0 Å². The molecule has 9 heteroatoms. The number of hydrogen-bond acceptors (Lipinski definition) is 6. The molecule has 0 saturated heterocycles. The highest BCUT2D eigenvalue weighted by Crippen LogP contribution is 2.28. The standard InChI is InChI=1S/C19H25N7OS/c1-12-8-9-16(13(2)23-12)26-11-15(24-25-26)19(27)22-10-17(20)28-18(21)14-6-4-3-5-7-14/h8-9,11,14,20-21H,3-7,10H2,1-2H3,(H,22,27)/p+1. The Morgan fingerprint density at radius 3 is 2.79 bits per heavy atom. The summed E-state index contributed by atoms with van der Waals surface area (Å²) in [6, 6.07) is 3.78. The second-order valence-electron chi connectivity index (χ2n) is 7.06. The van der Waals surface area contributed by atoms with Gasteiger partial charge in [0.05, 0.1) is 22.6 Å². The van der Waals surface area contributed by atoms with Crippen LogP contribution in [0.25, 0.3) is 5.69 Å². The van der Waals surface area contributed by atoms with Crippen molar-refractivity contribution < 1.29 is 10.2 Å². The zero-order valence-corrected chi connectivity index (χ0v) is 17.1. The van der Waals surface area contributed by atoms with Gasteiger partial charge in [-0.2, -0.15) is 0 Å². The van der Waals surface area contributed by atoms with Crippen molar-refractivity contribution in [1.29, 1.82) is 5.41 Å². The van der Waals surface area contributed by atoms with Gasteiger partial charge in [0.15, 0.2) is 5.69 Å². The second-order valence-corrected chi connectivity index (χ2v) is 8.22. The molecule has 148 valence electrons. The number of aryl methyl sites for hydroxylation is 2. The number of nitrogens with one attached hydrogen (secondary N) is 2. The molecule has 1 aliphatic carbocycles. The SMILES string of the molecule is Cc1ccc(-n2cc(C(=O)NCC(=[NH2+])SC(=N)C3CCCCC3)nn2)c(C)n1. The molecular formula is C19H26N7OS+. The van der Waals surface area contributed by atoms with Crippen LogP contribution in [-0.2, 0) is 0 Å². The molecule has 3 rings (SSSR count). The van der Waals surface area contributed by atoms with Crippen molar-refractivity contribution in [1.82, 2.24) is 25.3 Å². The van der Waals surface area contributed by atoms with Crippen LogP contribution in [0.15, 0.2) is 18.3 Å². The minimum absolute atomic E-state index is 0.191. The van der Waals surface area contributed by atoms with Crippen LogP contribution in [-0.4, -0.2) is 42.5 Å². The van der Waals surface area contributed by atoms with Gasteiger partial charge >= 0.3 is 0 Å². The van der Waals surface area contributed by atoms with E-state index < -0.39 is 0 Å². The molecule has 1 aliphatic rings. The average molecular weight is 401 g/mol. The van der Waals surface area contributed by atoms with Crippen LogP contribution in [0.2, 0.25) is 0 Å². The number of pyridine rings is 1. The first-order valence-corrected chi connectivity index (χ1v) is 10.3. The molecule has 0 unspecified atom stereocenters. The highest BCUT2D eigenvalue weighted by atomic mass is 32.2. The number of thioether (sulfide) groups is 1. The van der Waals surface area contributed by atoms with Gasteiger partial charge in [0, 0.05) is 11.6 Å². The third-order valence-electron chi connectivity index (χ3n) is 4.81. The Kier molecular flexibility index (Phi) is 6.56. The summed E-state index contributed by atoms with van der Waals surface area (Å²) in [5.41, 5.74) is 2.72. The number of amides is 1. The smallest absolute Gasteiger partial charge is 0.273 e. The van der Waals surface area contributed by atoms with Crippen LogP contribution in [0, 0.1) is 25.2 Å². The molecule has 2 aromatic rings. The Hall–Kier alpha value is -2.55. The zero-order chi connectivity index (χ0) is 20.1.